The number of halogens is 2. The van der Waals surface area contributed by atoms with Crippen molar-refractivity contribution in [2.45, 2.75) is 12.5 Å². The quantitative estimate of drug-likeness (QED) is 0.794. The highest BCUT2D eigenvalue weighted by molar-refractivity contribution is 6.34. The van der Waals surface area contributed by atoms with E-state index in [0.29, 0.717) is 28.6 Å². The molecule has 0 aliphatic heterocycles. The van der Waals surface area contributed by atoms with Gasteiger partial charge >= 0.3 is 0 Å². The van der Waals surface area contributed by atoms with Gasteiger partial charge in [0.1, 0.15) is 0 Å². The first-order valence-corrected chi connectivity index (χ1v) is 6.86. The summed E-state index contributed by atoms with van der Waals surface area (Å²) in [7, 11) is 0. The van der Waals surface area contributed by atoms with Gasteiger partial charge in [-0.2, -0.15) is 0 Å². The van der Waals surface area contributed by atoms with Gasteiger partial charge in [-0.1, -0.05) is 23.2 Å². The highest BCUT2D eigenvalue weighted by atomic mass is 35.5. The third-order valence-corrected chi connectivity index (χ3v) is 3.24. The van der Waals surface area contributed by atoms with Crippen LogP contribution in [0.3, 0.4) is 0 Å². The van der Waals surface area contributed by atoms with Crippen LogP contribution in [0.4, 0.5) is 0 Å². The smallest absolute Gasteiger partial charge is 0.253 e. The maximum absolute atomic E-state index is 11.8. The van der Waals surface area contributed by atoms with Crippen molar-refractivity contribution in [1.29, 1.82) is 0 Å². The van der Waals surface area contributed by atoms with E-state index in [0.717, 1.165) is 5.69 Å². The highest BCUT2D eigenvalue weighted by Gasteiger charge is 2.17. The Bertz CT molecular complexity index is 565. The van der Waals surface area contributed by atoms with Crippen LogP contribution in [0.5, 0.6) is 0 Å². The first kappa shape index (κ1) is 14.9. The predicted molar refractivity (Wildman–Crippen MR) is 78.9 cm³/mol. The van der Waals surface area contributed by atoms with Gasteiger partial charge in [-0.3, -0.25) is 4.79 Å². The fourth-order valence-electron chi connectivity index (χ4n) is 1.82. The third kappa shape index (κ3) is 4.00. The van der Waals surface area contributed by atoms with Crippen LogP contribution in [0, 0.1) is 0 Å². The van der Waals surface area contributed by atoms with Crippen LogP contribution >= 0.6 is 23.2 Å². The number of carbonyl (C=O) groups is 1. The summed E-state index contributed by atoms with van der Waals surface area (Å²) in [5.41, 5.74) is 1.39. The van der Waals surface area contributed by atoms with Gasteiger partial charge in [0.05, 0.1) is 0 Å². The number of benzene rings is 1. The van der Waals surface area contributed by atoms with Crippen molar-refractivity contribution < 1.29 is 9.90 Å². The number of aliphatic hydroxyl groups is 1. The number of hydrogen-bond acceptors (Lipinski definition) is 2. The molecule has 20 heavy (non-hydrogen) atoms. The third-order valence-electron chi connectivity index (χ3n) is 2.80. The molecule has 2 aromatic rings. The summed E-state index contributed by atoms with van der Waals surface area (Å²) in [5, 5.41) is 13.4. The summed E-state index contributed by atoms with van der Waals surface area (Å²) >= 11 is 11.7. The standard InChI is InChI=1S/C14H14Cl2N2O2/c15-10-6-9(7-11(16)8-10)13(19)14(20)18-5-3-12-2-1-4-17-12/h1-2,4,6-8,13,17,19H,3,5H2,(H,18,20). The van der Waals surface area contributed by atoms with Crippen LogP contribution in [0.15, 0.2) is 36.5 Å². The number of hydrogen-bond donors (Lipinski definition) is 3. The molecule has 0 aliphatic rings. The molecule has 2 rings (SSSR count). The van der Waals surface area contributed by atoms with Gasteiger partial charge in [-0.15, -0.1) is 0 Å². The van der Waals surface area contributed by atoms with Crippen LogP contribution < -0.4 is 5.32 Å². The molecule has 0 fully saturated rings. The summed E-state index contributed by atoms with van der Waals surface area (Å²) in [5.74, 6) is -0.477. The predicted octanol–water partition coefficient (Wildman–Crippen LogP) is 2.71. The number of carbonyl (C=O) groups excluding carboxylic acids is 1. The molecule has 1 heterocycles. The number of H-pyrrole nitrogens is 1. The van der Waals surface area contributed by atoms with Gasteiger partial charge in [0, 0.05) is 34.9 Å². The van der Waals surface area contributed by atoms with Crippen LogP contribution in [0.1, 0.15) is 17.4 Å². The topological polar surface area (TPSA) is 65.1 Å². The molecule has 1 aromatic carbocycles. The molecular weight excluding hydrogens is 299 g/mol. The fraction of sp³-hybridized carbons (Fsp3) is 0.214. The second-order valence-electron chi connectivity index (χ2n) is 4.34. The Labute approximate surface area is 126 Å². The molecular formula is C14H14Cl2N2O2. The molecule has 0 bridgehead atoms. The fourth-order valence-corrected chi connectivity index (χ4v) is 2.37. The lowest BCUT2D eigenvalue weighted by Gasteiger charge is -2.12. The monoisotopic (exact) mass is 312 g/mol. The van der Waals surface area contributed by atoms with E-state index in [-0.39, 0.29) is 0 Å². The number of aliphatic hydroxyl groups excluding tert-OH is 1. The highest BCUT2D eigenvalue weighted by Crippen LogP contribution is 2.23. The van der Waals surface area contributed by atoms with Gasteiger partial charge < -0.3 is 15.4 Å². The Morgan fingerprint density at radius 2 is 2.00 bits per heavy atom. The second kappa shape index (κ2) is 6.79. The van der Waals surface area contributed by atoms with Crippen molar-refractivity contribution >= 4 is 29.1 Å². The summed E-state index contributed by atoms with van der Waals surface area (Å²) < 4.78 is 0. The summed E-state index contributed by atoms with van der Waals surface area (Å²) in [6, 6.07) is 8.40. The molecule has 0 saturated heterocycles. The molecule has 106 valence electrons. The number of rotatable bonds is 5. The van der Waals surface area contributed by atoms with E-state index in [1.54, 1.807) is 6.07 Å². The Balaban J connectivity index is 1.91. The van der Waals surface area contributed by atoms with Gasteiger partial charge in [-0.25, -0.2) is 0 Å². The van der Waals surface area contributed by atoms with Crippen LogP contribution in [-0.4, -0.2) is 22.5 Å². The van der Waals surface area contributed by atoms with Crippen LogP contribution in [-0.2, 0) is 11.2 Å². The lowest BCUT2D eigenvalue weighted by atomic mass is 10.1. The van der Waals surface area contributed by atoms with Crippen LogP contribution in [0.2, 0.25) is 10.0 Å². The van der Waals surface area contributed by atoms with Gasteiger partial charge in [0.25, 0.3) is 5.91 Å². The average molecular weight is 313 g/mol. The first-order chi connectivity index (χ1) is 9.56. The van der Waals surface area contributed by atoms with Crippen LogP contribution in [0.25, 0.3) is 0 Å². The second-order valence-corrected chi connectivity index (χ2v) is 5.21. The minimum atomic E-state index is -1.28. The van der Waals surface area contributed by atoms with Crippen molar-refractivity contribution in [1.82, 2.24) is 10.3 Å². The molecule has 3 N–H and O–H groups in total. The lowest BCUT2D eigenvalue weighted by molar-refractivity contribution is -0.129. The van der Waals surface area contributed by atoms with Crippen molar-refractivity contribution in [3.05, 3.63) is 57.8 Å². The molecule has 0 saturated carbocycles. The Hall–Kier alpha value is -1.49. The summed E-state index contributed by atoms with van der Waals surface area (Å²) in [4.78, 5) is 14.9. The number of aromatic nitrogens is 1. The van der Waals surface area contributed by atoms with Gasteiger partial charge in [0.15, 0.2) is 6.10 Å². The zero-order valence-corrected chi connectivity index (χ0v) is 12.1. The van der Waals surface area contributed by atoms with E-state index in [9.17, 15) is 9.90 Å². The summed E-state index contributed by atoms with van der Waals surface area (Å²) in [6.45, 7) is 0.435. The van der Waals surface area contributed by atoms with E-state index < -0.39 is 12.0 Å². The number of aromatic amines is 1. The van der Waals surface area contributed by atoms with Crippen molar-refractivity contribution in [2.24, 2.45) is 0 Å². The molecule has 0 aliphatic carbocycles. The van der Waals surface area contributed by atoms with E-state index in [1.807, 2.05) is 18.3 Å². The maximum atomic E-state index is 11.8. The Kier molecular flexibility index (Phi) is 5.06. The van der Waals surface area contributed by atoms with Gasteiger partial charge in [0.2, 0.25) is 0 Å². The minimum absolute atomic E-state index is 0.375. The zero-order valence-electron chi connectivity index (χ0n) is 10.6. The molecule has 1 atom stereocenters. The molecule has 1 unspecified atom stereocenters. The number of nitrogens with one attached hydrogen (secondary N) is 2. The minimum Gasteiger partial charge on any atom is -0.378 e. The molecule has 4 nitrogen and oxygen atoms in total. The maximum Gasteiger partial charge on any atom is 0.253 e. The van der Waals surface area contributed by atoms with E-state index >= 15 is 0 Å². The van der Waals surface area contributed by atoms with Crippen molar-refractivity contribution in [2.75, 3.05) is 6.54 Å². The molecule has 1 aromatic heterocycles. The number of amides is 1. The normalized spacial score (nSPS) is 12.2. The summed E-state index contributed by atoms with van der Waals surface area (Å²) in [6.07, 6.45) is 1.21. The Morgan fingerprint density at radius 1 is 1.30 bits per heavy atom. The lowest BCUT2D eigenvalue weighted by Crippen LogP contribution is -2.31. The SMILES string of the molecule is O=C(NCCc1ccc[nH]1)C(O)c1cc(Cl)cc(Cl)c1. The average Bonchev–Trinajstić information content (AvgIpc) is 2.89. The van der Waals surface area contributed by atoms with Crippen molar-refractivity contribution in [3.63, 3.8) is 0 Å². The Morgan fingerprint density at radius 3 is 2.60 bits per heavy atom. The van der Waals surface area contributed by atoms with E-state index in [1.165, 1.54) is 12.1 Å². The molecule has 0 radical (unpaired) electrons. The molecule has 0 spiro atoms. The van der Waals surface area contributed by atoms with Gasteiger partial charge in [-0.05, 0) is 35.9 Å². The van der Waals surface area contributed by atoms with E-state index in [4.69, 9.17) is 23.2 Å². The first-order valence-electron chi connectivity index (χ1n) is 6.10. The van der Waals surface area contributed by atoms with Crippen molar-refractivity contribution in [3.8, 4) is 0 Å². The molecule has 1 amide bonds. The largest absolute Gasteiger partial charge is 0.378 e. The molecule has 6 heteroatoms. The van der Waals surface area contributed by atoms with E-state index in [2.05, 4.69) is 10.3 Å². The zero-order chi connectivity index (χ0) is 14.5.